The summed E-state index contributed by atoms with van der Waals surface area (Å²) in [5.41, 5.74) is 6.20. The minimum absolute atomic E-state index is 0. The number of nitrogens with zero attached hydrogens (tertiary/aromatic N) is 2. The predicted molar refractivity (Wildman–Crippen MR) is 105 cm³/mol. The molecule has 2 fully saturated rings. The first-order valence-corrected chi connectivity index (χ1v) is 9.40. The minimum atomic E-state index is -1.00. The highest BCUT2D eigenvalue weighted by Crippen LogP contribution is 2.26. The molecular formula is C20H30ClN3O2. The van der Waals surface area contributed by atoms with Crippen LogP contribution in [0.5, 0.6) is 0 Å². The highest BCUT2D eigenvalue weighted by molar-refractivity contribution is 5.87. The summed E-state index contributed by atoms with van der Waals surface area (Å²) in [4.78, 5) is 29.0. The normalized spacial score (nSPS) is 20.4. The van der Waals surface area contributed by atoms with Crippen LogP contribution in [-0.2, 0) is 15.1 Å². The van der Waals surface area contributed by atoms with Crippen LogP contribution >= 0.6 is 12.4 Å². The Balaban J connectivity index is 0.00000243. The highest BCUT2D eigenvalue weighted by atomic mass is 35.5. The number of hydrogen-bond donors (Lipinski definition) is 1. The second-order valence-corrected chi connectivity index (χ2v) is 7.60. The van der Waals surface area contributed by atoms with E-state index in [1.807, 2.05) is 40.1 Å². The molecule has 1 aromatic rings. The van der Waals surface area contributed by atoms with E-state index in [0.29, 0.717) is 25.4 Å². The fourth-order valence-corrected chi connectivity index (χ4v) is 3.92. The van der Waals surface area contributed by atoms with Crippen LogP contribution in [0.1, 0.15) is 44.6 Å². The largest absolute Gasteiger partial charge is 0.343 e. The fourth-order valence-electron chi connectivity index (χ4n) is 3.92. The second-order valence-electron chi connectivity index (χ2n) is 7.60. The lowest BCUT2D eigenvalue weighted by molar-refractivity contribution is -0.138. The molecule has 1 atom stereocenters. The zero-order valence-corrected chi connectivity index (χ0v) is 16.3. The van der Waals surface area contributed by atoms with E-state index in [9.17, 15) is 9.59 Å². The summed E-state index contributed by atoms with van der Waals surface area (Å²) < 4.78 is 0. The molecule has 0 bridgehead atoms. The van der Waals surface area contributed by atoms with E-state index < -0.39 is 5.54 Å². The van der Waals surface area contributed by atoms with Crippen LogP contribution in [0.15, 0.2) is 30.3 Å². The fraction of sp³-hybridized carbons (Fsp3) is 0.600. The Morgan fingerprint density at radius 1 is 1.04 bits per heavy atom. The molecule has 2 amide bonds. The lowest BCUT2D eigenvalue weighted by Gasteiger charge is -2.37. The first-order valence-electron chi connectivity index (χ1n) is 9.40. The average Bonchev–Trinajstić information content (AvgIpc) is 3.17. The maximum Gasteiger partial charge on any atom is 0.246 e. The maximum atomic E-state index is 12.9. The number of nitrogens with two attached hydrogens (primary N) is 1. The predicted octanol–water partition coefficient (Wildman–Crippen LogP) is 2.53. The molecule has 0 aromatic heterocycles. The van der Waals surface area contributed by atoms with Crippen molar-refractivity contribution in [1.82, 2.24) is 9.80 Å². The number of benzene rings is 1. The van der Waals surface area contributed by atoms with Crippen molar-refractivity contribution >= 4 is 24.2 Å². The summed E-state index contributed by atoms with van der Waals surface area (Å²) in [6.45, 7) is 5.00. The quantitative estimate of drug-likeness (QED) is 0.874. The zero-order chi connectivity index (χ0) is 17.9. The topological polar surface area (TPSA) is 66.6 Å². The molecule has 0 radical (unpaired) electrons. The van der Waals surface area contributed by atoms with E-state index in [0.717, 1.165) is 44.3 Å². The van der Waals surface area contributed by atoms with Gasteiger partial charge in [-0.1, -0.05) is 30.3 Å². The number of piperidine rings is 1. The van der Waals surface area contributed by atoms with Crippen LogP contribution in [0.4, 0.5) is 0 Å². The third kappa shape index (κ3) is 4.57. The van der Waals surface area contributed by atoms with Crippen LogP contribution in [0.3, 0.4) is 0 Å². The van der Waals surface area contributed by atoms with Gasteiger partial charge in [0.1, 0.15) is 5.54 Å². The van der Waals surface area contributed by atoms with Crippen molar-refractivity contribution in [3.63, 3.8) is 0 Å². The number of halogens is 1. The first kappa shape index (κ1) is 20.7. The molecule has 2 saturated heterocycles. The number of carbonyl (C=O) groups excluding carboxylic acids is 2. The summed E-state index contributed by atoms with van der Waals surface area (Å²) in [5.74, 6) is 0.649. The van der Waals surface area contributed by atoms with Crippen molar-refractivity contribution in [2.75, 3.05) is 26.2 Å². The minimum Gasteiger partial charge on any atom is -0.343 e. The molecule has 26 heavy (non-hydrogen) atoms. The lowest BCUT2D eigenvalue weighted by atomic mass is 9.88. The van der Waals surface area contributed by atoms with Crippen molar-refractivity contribution in [2.24, 2.45) is 11.7 Å². The Morgan fingerprint density at radius 3 is 2.19 bits per heavy atom. The number of hydrogen-bond acceptors (Lipinski definition) is 3. The van der Waals surface area contributed by atoms with E-state index in [-0.39, 0.29) is 24.2 Å². The van der Waals surface area contributed by atoms with Gasteiger partial charge in [-0.3, -0.25) is 9.59 Å². The summed E-state index contributed by atoms with van der Waals surface area (Å²) in [7, 11) is 0. The second kappa shape index (κ2) is 8.87. The highest BCUT2D eigenvalue weighted by Gasteiger charge is 2.36. The Labute approximate surface area is 162 Å². The molecule has 0 aliphatic carbocycles. The van der Waals surface area contributed by atoms with E-state index in [2.05, 4.69) is 0 Å². The summed E-state index contributed by atoms with van der Waals surface area (Å²) in [6.07, 6.45) is 4.66. The molecule has 0 spiro atoms. The molecule has 0 saturated carbocycles. The van der Waals surface area contributed by atoms with Crippen molar-refractivity contribution in [3.8, 4) is 0 Å². The van der Waals surface area contributed by atoms with Crippen molar-refractivity contribution < 1.29 is 9.59 Å². The Kier molecular flexibility index (Phi) is 7.07. The van der Waals surface area contributed by atoms with E-state index in [1.165, 1.54) is 0 Å². The van der Waals surface area contributed by atoms with Gasteiger partial charge in [-0.25, -0.2) is 0 Å². The third-order valence-corrected chi connectivity index (χ3v) is 5.64. The third-order valence-electron chi connectivity index (χ3n) is 5.64. The van der Waals surface area contributed by atoms with Crippen LogP contribution in [-0.4, -0.2) is 47.8 Å². The van der Waals surface area contributed by atoms with Gasteiger partial charge in [0.25, 0.3) is 0 Å². The summed E-state index contributed by atoms with van der Waals surface area (Å²) in [5, 5.41) is 0. The van der Waals surface area contributed by atoms with Gasteiger partial charge in [-0.15, -0.1) is 12.4 Å². The van der Waals surface area contributed by atoms with Gasteiger partial charge < -0.3 is 15.5 Å². The van der Waals surface area contributed by atoms with Crippen LogP contribution in [0.25, 0.3) is 0 Å². The standard InChI is InChI=1S/C20H29N3O2.ClH/c1-20(21,17-7-3-2-4-8-17)19(25)23-13-9-16(10-14-23)15-18(24)22-11-5-6-12-22;/h2-4,7-8,16H,5-6,9-15,21H2,1H3;1H. The number of amides is 2. The number of rotatable bonds is 4. The lowest BCUT2D eigenvalue weighted by Crippen LogP contribution is -2.53. The molecule has 6 heteroatoms. The van der Waals surface area contributed by atoms with Gasteiger partial charge in [0.2, 0.25) is 11.8 Å². The monoisotopic (exact) mass is 379 g/mol. The molecule has 144 valence electrons. The summed E-state index contributed by atoms with van der Waals surface area (Å²) >= 11 is 0. The van der Waals surface area contributed by atoms with Gasteiger partial charge >= 0.3 is 0 Å². The Hall–Kier alpha value is -1.59. The van der Waals surface area contributed by atoms with E-state index in [1.54, 1.807) is 6.92 Å². The molecule has 5 nitrogen and oxygen atoms in total. The molecule has 2 N–H and O–H groups in total. The Morgan fingerprint density at radius 2 is 1.62 bits per heavy atom. The number of carbonyl (C=O) groups is 2. The van der Waals surface area contributed by atoms with Crippen LogP contribution in [0.2, 0.25) is 0 Å². The van der Waals surface area contributed by atoms with Gasteiger partial charge in [0.15, 0.2) is 0 Å². The van der Waals surface area contributed by atoms with E-state index >= 15 is 0 Å². The molecule has 1 unspecified atom stereocenters. The first-order chi connectivity index (χ1) is 12.0. The molecule has 3 rings (SSSR count). The van der Waals surface area contributed by atoms with Gasteiger partial charge in [0, 0.05) is 32.6 Å². The van der Waals surface area contributed by atoms with Gasteiger partial charge in [-0.2, -0.15) is 0 Å². The average molecular weight is 380 g/mol. The van der Waals surface area contributed by atoms with Gasteiger partial charge in [0.05, 0.1) is 0 Å². The van der Waals surface area contributed by atoms with Crippen molar-refractivity contribution in [3.05, 3.63) is 35.9 Å². The maximum absolute atomic E-state index is 12.9. The smallest absolute Gasteiger partial charge is 0.246 e. The SMILES string of the molecule is CC(N)(C(=O)N1CCC(CC(=O)N2CCCC2)CC1)c1ccccc1.Cl. The van der Waals surface area contributed by atoms with Crippen molar-refractivity contribution in [1.29, 1.82) is 0 Å². The molecular weight excluding hydrogens is 350 g/mol. The number of likely N-dealkylation sites (tertiary alicyclic amines) is 2. The Bertz CT molecular complexity index is 607. The molecule has 2 aliphatic heterocycles. The van der Waals surface area contributed by atoms with Crippen LogP contribution < -0.4 is 5.73 Å². The molecule has 1 aromatic carbocycles. The van der Waals surface area contributed by atoms with E-state index in [4.69, 9.17) is 5.73 Å². The molecule has 2 heterocycles. The zero-order valence-electron chi connectivity index (χ0n) is 15.5. The van der Waals surface area contributed by atoms with Crippen LogP contribution in [0, 0.1) is 5.92 Å². The summed E-state index contributed by atoms with van der Waals surface area (Å²) in [6, 6.07) is 9.54. The van der Waals surface area contributed by atoms with Crippen molar-refractivity contribution in [2.45, 2.75) is 44.6 Å². The molecule has 2 aliphatic rings. The van der Waals surface area contributed by atoms with Gasteiger partial charge in [-0.05, 0) is 44.1 Å².